The van der Waals surface area contributed by atoms with Crippen LogP contribution in [0, 0.1) is 6.92 Å². The summed E-state index contributed by atoms with van der Waals surface area (Å²) >= 11 is 1.20. The summed E-state index contributed by atoms with van der Waals surface area (Å²) in [5.74, 6) is 0.337. The number of hydrogen-bond acceptors (Lipinski definition) is 5. The molecule has 2 heterocycles. The number of aryl methyl sites for hydroxylation is 1. The number of hydrogen-bond donors (Lipinski definition) is 2. The Labute approximate surface area is 116 Å². The molecule has 5 nitrogen and oxygen atoms in total. The fourth-order valence-electron chi connectivity index (χ4n) is 1.58. The molecule has 0 aromatic carbocycles. The van der Waals surface area contributed by atoms with E-state index in [4.69, 9.17) is 0 Å². The molecule has 0 atom stereocenters. The molecule has 2 N–H and O–H groups in total. The number of sulfonamides is 1. The van der Waals surface area contributed by atoms with Crippen molar-refractivity contribution in [1.29, 1.82) is 0 Å². The molecule has 2 rings (SSSR count). The topological polar surface area (TPSA) is 71.1 Å². The highest BCUT2D eigenvalue weighted by Crippen LogP contribution is 2.22. The summed E-state index contributed by atoms with van der Waals surface area (Å²) in [6.07, 6.45) is 0. The zero-order valence-electron chi connectivity index (χ0n) is 10.7. The predicted molar refractivity (Wildman–Crippen MR) is 76.9 cm³/mol. The molecule has 0 aliphatic carbocycles. The van der Waals surface area contributed by atoms with Gasteiger partial charge >= 0.3 is 0 Å². The number of aromatic nitrogens is 1. The molecule has 102 valence electrons. The Bertz CT molecular complexity index is 665. The van der Waals surface area contributed by atoms with Crippen LogP contribution in [-0.2, 0) is 16.6 Å². The fourth-order valence-corrected chi connectivity index (χ4v) is 3.79. The minimum atomic E-state index is -3.55. The molecule has 0 saturated heterocycles. The monoisotopic (exact) mass is 297 g/mol. The Morgan fingerprint density at radius 1 is 1.37 bits per heavy atom. The fraction of sp³-hybridized carbons (Fsp3) is 0.250. The zero-order chi connectivity index (χ0) is 13.9. The van der Waals surface area contributed by atoms with Gasteiger partial charge in [-0.2, -0.15) is 0 Å². The molecular weight excluding hydrogens is 282 g/mol. The van der Waals surface area contributed by atoms with Crippen LogP contribution >= 0.6 is 11.3 Å². The highest BCUT2D eigenvalue weighted by atomic mass is 32.2. The summed E-state index contributed by atoms with van der Waals surface area (Å²) in [6.45, 7) is 2.46. The van der Waals surface area contributed by atoms with Crippen molar-refractivity contribution in [2.45, 2.75) is 17.7 Å². The van der Waals surface area contributed by atoms with Gasteiger partial charge in [-0.15, -0.1) is 11.3 Å². The smallest absolute Gasteiger partial charge is 0.272 e. The van der Waals surface area contributed by atoms with Gasteiger partial charge in [0.05, 0.1) is 0 Å². The molecule has 2 aromatic rings. The van der Waals surface area contributed by atoms with E-state index in [1.165, 1.54) is 11.3 Å². The van der Waals surface area contributed by atoms with Gasteiger partial charge in [-0.05, 0) is 43.1 Å². The second kappa shape index (κ2) is 5.68. The van der Waals surface area contributed by atoms with Gasteiger partial charge in [0.2, 0.25) is 0 Å². The van der Waals surface area contributed by atoms with Crippen LogP contribution in [0.4, 0.5) is 5.82 Å². The average Bonchev–Trinajstić information content (AvgIpc) is 2.78. The molecule has 0 fully saturated rings. The van der Waals surface area contributed by atoms with Crippen LogP contribution in [0.25, 0.3) is 0 Å². The number of rotatable bonds is 5. The van der Waals surface area contributed by atoms with E-state index in [1.807, 2.05) is 25.4 Å². The van der Waals surface area contributed by atoms with E-state index in [0.29, 0.717) is 16.6 Å². The Kier molecular flexibility index (Phi) is 4.18. The van der Waals surface area contributed by atoms with E-state index < -0.39 is 10.0 Å². The molecule has 0 unspecified atom stereocenters. The van der Waals surface area contributed by atoms with Crippen LogP contribution in [0.15, 0.2) is 33.9 Å². The quantitative estimate of drug-likeness (QED) is 0.885. The molecular formula is C12H15N3O2S2. The van der Waals surface area contributed by atoms with Crippen LogP contribution in [0.3, 0.4) is 0 Å². The molecule has 0 bridgehead atoms. The van der Waals surface area contributed by atoms with Gasteiger partial charge in [-0.25, -0.2) is 13.4 Å². The second-order valence-electron chi connectivity index (χ2n) is 4.07. The maximum Gasteiger partial charge on any atom is 0.272 e. The molecule has 0 aliphatic heterocycles. The standard InChI is InChI=1S/C12H15N3O2S2/c1-9-4-3-5-11(14-9)15-19(16,17)12-6-10(7-13-2)8-18-12/h3-6,8,13H,7H2,1-2H3,(H,14,15). The van der Waals surface area contributed by atoms with Crippen molar-refractivity contribution >= 4 is 27.2 Å². The van der Waals surface area contributed by atoms with Crippen LogP contribution in [-0.4, -0.2) is 20.4 Å². The van der Waals surface area contributed by atoms with Crippen LogP contribution in [0.2, 0.25) is 0 Å². The van der Waals surface area contributed by atoms with Crippen molar-refractivity contribution in [3.8, 4) is 0 Å². The summed E-state index contributed by atoms with van der Waals surface area (Å²) < 4.78 is 27.1. The summed E-state index contributed by atoms with van der Waals surface area (Å²) in [5.41, 5.74) is 1.72. The third-order valence-electron chi connectivity index (χ3n) is 2.40. The molecule has 0 spiro atoms. The van der Waals surface area contributed by atoms with Crippen molar-refractivity contribution in [3.05, 3.63) is 40.9 Å². The van der Waals surface area contributed by atoms with Crippen LogP contribution < -0.4 is 10.0 Å². The summed E-state index contributed by atoms with van der Waals surface area (Å²) in [7, 11) is -1.73. The number of nitrogens with one attached hydrogen (secondary N) is 2. The number of pyridine rings is 1. The van der Waals surface area contributed by atoms with Crippen LogP contribution in [0.1, 0.15) is 11.3 Å². The van der Waals surface area contributed by atoms with E-state index in [-0.39, 0.29) is 0 Å². The van der Waals surface area contributed by atoms with Crippen molar-refractivity contribution < 1.29 is 8.42 Å². The Morgan fingerprint density at radius 2 is 2.16 bits per heavy atom. The summed E-state index contributed by atoms with van der Waals surface area (Å²) in [4.78, 5) is 4.13. The second-order valence-corrected chi connectivity index (χ2v) is 6.89. The third-order valence-corrected chi connectivity index (χ3v) is 5.25. The maximum atomic E-state index is 12.2. The first-order valence-corrected chi connectivity index (χ1v) is 8.06. The molecule has 0 saturated carbocycles. The minimum Gasteiger partial charge on any atom is -0.316 e. The van der Waals surface area contributed by atoms with E-state index in [0.717, 1.165) is 11.3 Å². The summed E-state index contributed by atoms with van der Waals surface area (Å²) in [6, 6.07) is 6.88. The van der Waals surface area contributed by atoms with Gasteiger partial charge < -0.3 is 5.32 Å². The lowest BCUT2D eigenvalue weighted by Crippen LogP contribution is -2.13. The number of nitrogens with zero attached hydrogens (tertiary/aromatic N) is 1. The zero-order valence-corrected chi connectivity index (χ0v) is 12.3. The highest BCUT2D eigenvalue weighted by molar-refractivity contribution is 7.94. The Balaban J connectivity index is 2.22. The molecule has 19 heavy (non-hydrogen) atoms. The lowest BCUT2D eigenvalue weighted by atomic mass is 10.3. The van der Waals surface area contributed by atoms with E-state index in [2.05, 4.69) is 15.0 Å². The molecule has 7 heteroatoms. The number of anilines is 1. The van der Waals surface area contributed by atoms with E-state index >= 15 is 0 Å². The first kappa shape index (κ1) is 14.0. The lowest BCUT2D eigenvalue weighted by Gasteiger charge is -2.05. The van der Waals surface area contributed by atoms with Gasteiger partial charge in [-0.3, -0.25) is 4.72 Å². The normalized spacial score (nSPS) is 11.5. The molecule has 2 aromatic heterocycles. The summed E-state index contributed by atoms with van der Waals surface area (Å²) in [5, 5.41) is 4.81. The van der Waals surface area contributed by atoms with Crippen molar-refractivity contribution in [2.75, 3.05) is 11.8 Å². The minimum absolute atomic E-state index is 0.293. The van der Waals surface area contributed by atoms with Gasteiger partial charge in [-0.1, -0.05) is 6.07 Å². The van der Waals surface area contributed by atoms with Gasteiger partial charge in [0.1, 0.15) is 10.0 Å². The van der Waals surface area contributed by atoms with Crippen molar-refractivity contribution in [1.82, 2.24) is 10.3 Å². The third kappa shape index (κ3) is 3.52. The SMILES string of the molecule is CNCc1csc(S(=O)(=O)Nc2cccc(C)n2)c1. The number of thiophene rings is 1. The molecule has 0 radical (unpaired) electrons. The van der Waals surface area contributed by atoms with Crippen molar-refractivity contribution in [2.24, 2.45) is 0 Å². The maximum absolute atomic E-state index is 12.2. The average molecular weight is 297 g/mol. The lowest BCUT2D eigenvalue weighted by molar-refractivity contribution is 0.603. The first-order valence-electron chi connectivity index (χ1n) is 5.70. The Morgan fingerprint density at radius 3 is 2.84 bits per heavy atom. The predicted octanol–water partition coefficient (Wildman–Crippen LogP) is 1.97. The molecule has 0 amide bonds. The first-order chi connectivity index (χ1) is 9.01. The largest absolute Gasteiger partial charge is 0.316 e. The van der Waals surface area contributed by atoms with Gasteiger partial charge in [0, 0.05) is 12.2 Å². The Hall–Kier alpha value is -1.44. The van der Waals surface area contributed by atoms with Crippen molar-refractivity contribution in [3.63, 3.8) is 0 Å². The van der Waals surface area contributed by atoms with Gasteiger partial charge in [0.25, 0.3) is 10.0 Å². The van der Waals surface area contributed by atoms with E-state index in [1.54, 1.807) is 18.2 Å². The molecule has 0 aliphatic rings. The van der Waals surface area contributed by atoms with Gasteiger partial charge in [0.15, 0.2) is 0 Å². The van der Waals surface area contributed by atoms with E-state index in [9.17, 15) is 8.42 Å². The highest BCUT2D eigenvalue weighted by Gasteiger charge is 2.17. The van der Waals surface area contributed by atoms with Crippen LogP contribution in [0.5, 0.6) is 0 Å².